The van der Waals surface area contributed by atoms with Crippen molar-refractivity contribution in [2.24, 2.45) is 4.99 Å². The van der Waals surface area contributed by atoms with E-state index >= 15 is 0 Å². The van der Waals surface area contributed by atoms with Crippen molar-refractivity contribution < 1.29 is 4.74 Å². The molecule has 144 valence electrons. The Morgan fingerprint density at radius 3 is 2.74 bits per heavy atom. The molecular formula is C19H25IN6O. The van der Waals surface area contributed by atoms with E-state index in [2.05, 4.69) is 50.9 Å². The van der Waals surface area contributed by atoms with Gasteiger partial charge in [-0.25, -0.2) is 0 Å². The number of halogens is 1. The third-order valence-electron chi connectivity index (χ3n) is 3.99. The number of nitrogens with one attached hydrogen (secondary N) is 2. The fraction of sp³-hybridized carbons (Fsp3) is 0.316. The zero-order valence-electron chi connectivity index (χ0n) is 15.8. The molecule has 0 spiro atoms. The second-order valence-electron chi connectivity index (χ2n) is 5.87. The van der Waals surface area contributed by atoms with Crippen molar-refractivity contribution in [3.8, 4) is 5.75 Å². The van der Waals surface area contributed by atoms with Gasteiger partial charge in [0.25, 0.3) is 0 Å². The molecule has 27 heavy (non-hydrogen) atoms. The molecule has 7 nitrogen and oxygen atoms in total. The van der Waals surface area contributed by atoms with Crippen LogP contribution in [0.25, 0.3) is 5.65 Å². The van der Waals surface area contributed by atoms with E-state index in [1.54, 1.807) is 7.05 Å². The minimum atomic E-state index is 0. The molecular weight excluding hydrogens is 455 g/mol. The van der Waals surface area contributed by atoms with Gasteiger partial charge in [-0.15, -0.1) is 34.2 Å². The van der Waals surface area contributed by atoms with E-state index in [1.165, 1.54) is 5.56 Å². The van der Waals surface area contributed by atoms with Gasteiger partial charge in [-0.1, -0.05) is 18.2 Å². The molecule has 0 fully saturated rings. The van der Waals surface area contributed by atoms with Crippen LogP contribution in [0.1, 0.15) is 23.9 Å². The molecule has 3 aromatic rings. The maximum atomic E-state index is 5.73. The summed E-state index contributed by atoms with van der Waals surface area (Å²) in [5.41, 5.74) is 3.10. The molecule has 0 radical (unpaired) electrons. The van der Waals surface area contributed by atoms with E-state index in [1.807, 2.05) is 35.7 Å². The Balaban J connectivity index is 0.00000261. The topological polar surface area (TPSA) is 75.8 Å². The van der Waals surface area contributed by atoms with Crippen LogP contribution in [-0.2, 0) is 13.1 Å². The van der Waals surface area contributed by atoms with Gasteiger partial charge in [-0.3, -0.25) is 9.39 Å². The smallest absolute Gasteiger partial charge is 0.191 e. The first-order valence-corrected chi connectivity index (χ1v) is 8.66. The molecule has 0 atom stereocenters. The number of aromatic nitrogens is 3. The predicted octanol–water partition coefficient (Wildman–Crippen LogP) is 2.92. The van der Waals surface area contributed by atoms with Crippen molar-refractivity contribution in [3.05, 3.63) is 59.5 Å². The largest absolute Gasteiger partial charge is 0.494 e. The highest BCUT2D eigenvalue weighted by molar-refractivity contribution is 14.0. The Hall–Kier alpha value is -2.36. The summed E-state index contributed by atoms with van der Waals surface area (Å²) in [6, 6.07) is 12.0. The first-order chi connectivity index (χ1) is 12.7. The molecule has 0 saturated carbocycles. The molecule has 2 aromatic heterocycles. The fourth-order valence-electron chi connectivity index (χ4n) is 2.67. The highest BCUT2D eigenvalue weighted by atomic mass is 127. The SMILES string of the molecule is CCOc1cc(C)ccc1CNC(=NC)NCc1nnc2ccccn12.I. The molecule has 2 N–H and O–H groups in total. The van der Waals surface area contributed by atoms with Crippen LogP contribution in [-0.4, -0.2) is 34.2 Å². The van der Waals surface area contributed by atoms with Gasteiger partial charge in [0, 0.05) is 25.4 Å². The molecule has 0 aliphatic rings. The average molecular weight is 480 g/mol. The van der Waals surface area contributed by atoms with Crippen molar-refractivity contribution in [3.63, 3.8) is 0 Å². The molecule has 0 bridgehead atoms. The van der Waals surface area contributed by atoms with Crippen LogP contribution >= 0.6 is 24.0 Å². The molecule has 0 unspecified atom stereocenters. The number of guanidine groups is 1. The standard InChI is InChI=1S/C19H24N6O.HI/c1-4-26-16-11-14(2)8-9-15(16)12-21-19(20-3)22-13-18-24-23-17-7-5-6-10-25(17)18;/h5-11H,4,12-13H2,1-3H3,(H2,20,21,22);1H. The third kappa shape index (κ3) is 5.31. The number of hydrogen-bond donors (Lipinski definition) is 2. The second-order valence-corrected chi connectivity index (χ2v) is 5.87. The highest BCUT2D eigenvalue weighted by Gasteiger charge is 2.08. The predicted molar refractivity (Wildman–Crippen MR) is 118 cm³/mol. The number of rotatable bonds is 6. The Morgan fingerprint density at radius 1 is 1.15 bits per heavy atom. The van der Waals surface area contributed by atoms with E-state index in [0.29, 0.717) is 25.7 Å². The second kappa shape index (κ2) is 10.1. The van der Waals surface area contributed by atoms with Gasteiger partial charge in [-0.05, 0) is 37.6 Å². The molecule has 0 saturated heterocycles. The lowest BCUT2D eigenvalue weighted by Crippen LogP contribution is -2.36. The first-order valence-electron chi connectivity index (χ1n) is 8.66. The number of pyridine rings is 1. The summed E-state index contributed by atoms with van der Waals surface area (Å²) in [4.78, 5) is 4.27. The van der Waals surface area contributed by atoms with Crippen molar-refractivity contribution in [2.75, 3.05) is 13.7 Å². The highest BCUT2D eigenvalue weighted by Crippen LogP contribution is 2.20. The van der Waals surface area contributed by atoms with E-state index in [-0.39, 0.29) is 24.0 Å². The zero-order chi connectivity index (χ0) is 18.4. The molecule has 0 aliphatic carbocycles. The van der Waals surface area contributed by atoms with Crippen molar-refractivity contribution >= 4 is 35.6 Å². The quantitative estimate of drug-likeness (QED) is 0.323. The van der Waals surface area contributed by atoms with Crippen LogP contribution in [0, 0.1) is 6.92 Å². The van der Waals surface area contributed by atoms with Crippen LogP contribution in [0.3, 0.4) is 0 Å². The van der Waals surface area contributed by atoms with Crippen LogP contribution in [0.15, 0.2) is 47.6 Å². The monoisotopic (exact) mass is 480 g/mol. The minimum Gasteiger partial charge on any atom is -0.494 e. The fourth-order valence-corrected chi connectivity index (χ4v) is 2.67. The summed E-state index contributed by atoms with van der Waals surface area (Å²) in [7, 11) is 1.75. The van der Waals surface area contributed by atoms with Gasteiger partial charge in [0.15, 0.2) is 17.4 Å². The van der Waals surface area contributed by atoms with Crippen molar-refractivity contribution in [1.82, 2.24) is 25.2 Å². The molecule has 0 amide bonds. The number of aliphatic imine (C=N–C) groups is 1. The van der Waals surface area contributed by atoms with Gasteiger partial charge >= 0.3 is 0 Å². The van der Waals surface area contributed by atoms with E-state index in [9.17, 15) is 0 Å². The maximum Gasteiger partial charge on any atom is 0.191 e. The van der Waals surface area contributed by atoms with Crippen LogP contribution in [0.4, 0.5) is 0 Å². The first kappa shape index (κ1) is 20.9. The molecule has 0 aliphatic heterocycles. The van der Waals surface area contributed by atoms with E-state index < -0.39 is 0 Å². The van der Waals surface area contributed by atoms with Crippen molar-refractivity contribution in [1.29, 1.82) is 0 Å². The Bertz CT molecular complexity index is 908. The van der Waals surface area contributed by atoms with Gasteiger partial charge in [-0.2, -0.15) is 0 Å². The van der Waals surface area contributed by atoms with Gasteiger partial charge in [0.05, 0.1) is 13.2 Å². The van der Waals surface area contributed by atoms with Crippen LogP contribution in [0.2, 0.25) is 0 Å². The zero-order valence-corrected chi connectivity index (χ0v) is 18.1. The number of fused-ring (bicyclic) bond motifs is 1. The lowest BCUT2D eigenvalue weighted by atomic mass is 10.1. The van der Waals surface area contributed by atoms with Gasteiger partial charge < -0.3 is 15.4 Å². The normalized spacial score (nSPS) is 11.1. The summed E-state index contributed by atoms with van der Waals surface area (Å²) in [5.74, 6) is 2.42. The Labute approximate surface area is 176 Å². The van der Waals surface area contributed by atoms with Gasteiger partial charge in [0.1, 0.15) is 5.75 Å². The molecule has 8 heteroatoms. The summed E-state index contributed by atoms with van der Waals surface area (Å²) in [6.45, 7) is 5.84. The van der Waals surface area contributed by atoms with E-state index in [4.69, 9.17) is 4.74 Å². The number of ether oxygens (including phenoxy) is 1. The number of nitrogens with zero attached hydrogens (tertiary/aromatic N) is 4. The van der Waals surface area contributed by atoms with E-state index in [0.717, 1.165) is 22.8 Å². The molecule has 1 aromatic carbocycles. The molecule has 3 rings (SSSR count). The minimum absolute atomic E-state index is 0. The lowest BCUT2D eigenvalue weighted by Gasteiger charge is -2.14. The Morgan fingerprint density at radius 2 is 1.96 bits per heavy atom. The lowest BCUT2D eigenvalue weighted by molar-refractivity contribution is 0.336. The number of aryl methyl sites for hydroxylation is 1. The van der Waals surface area contributed by atoms with Gasteiger partial charge in [0.2, 0.25) is 0 Å². The summed E-state index contributed by atoms with van der Waals surface area (Å²) in [5, 5.41) is 15.0. The summed E-state index contributed by atoms with van der Waals surface area (Å²) < 4.78 is 7.68. The summed E-state index contributed by atoms with van der Waals surface area (Å²) in [6.07, 6.45) is 1.95. The summed E-state index contributed by atoms with van der Waals surface area (Å²) >= 11 is 0. The third-order valence-corrected chi connectivity index (χ3v) is 3.99. The molecule has 2 heterocycles. The number of benzene rings is 1. The number of hydrogen-bond acceptors (Lipinski definition) is 4. The van der Waals surface area contributed by atoms with Crippen LogP contribution in [0.5, 0.6) is 5.75 Å². The van der Waals surface area contributed by atoms with Crippen LogP contribution < -0.4 is 15.4 Å². The maximum absolute atomic E-state index is 5.73. The average Bonchev–Trinajstić information content (AvgIpc) is 3.07. The van der Waals surface area contributed by atoms with Crippen molar-refractivity contribution in [2.45, 2.75) is 26.9 Å². The Kier molecular flexibility index (Phi) is 7.83.